The highest BCUT2D eigenvalue weighted by molar-refractivity contribution is 7.89. The molecule has 0 spiro atoms. The van der Waals surface area contributed by atoms with Crippen molar-refractivity contribution in [2.45, 2.75) is 49.6 Å². The van der Waals surface area contributed by atoms with E-state index in [-0.39, 0.29) is 28.7 Å². The minimum atomic E-state index is -3.67. The Labute approximate surface area is 206 Å². The Morgan fingerprint density at radius 1 is 1.23 bits per heavy atom. The van der Waals surface area contributed by atoms with E-state index in [1.807, 2.05) is 0 Å². The second kappa shape index (κ2) is 10.1. The van der Waals surface area contributed by atoms with Gasteiger partial charge in [0, 0.05) is 30.8 Å². The summed E-state index contributed by atoms with van der Waals surface area (Å²) in [6.45, 7) is 0.134. The number of nitro benzene ring substituents is 1. The largest absolute Gasteiger partial charge is 0.305 e. The highest BCUT2D eigenvalue weighted by atomic mass is 32.2. The smallest absolute Gasteiger partial charge is 0.279 e. The molecule has 0 atom stereocenters. The number of amides is 1. The molecule has 1 aliphatic carbocycles. The molecular formula is C24H24N4O5S2. The van der Waals surface area contributed by atoms with Crippen LogP contribution in [-0.2, 0) is 16.6 Å². The Morgan fingerprint density at radius 2 is 1.91 bits per heavy atom. The molecule has 1 aliphatic rings. The summed E-state index contributed by atoms with van der Waals surface area (Å²) in [4.78, 5) is 28.1. The van der Waals surface area contributed by atoms with Crippen molar-refractivity contribution in [2.75, 3.05) is 7.05 Å². The van der Waals surface area contributed by atoms with E-state index >= 15 is 0 Å². The monoisotopic (exact) mass is 512 g/mol. The molecule has 1 heterocycles. The zero-order valence-electron chi connectivity index (χ0n) is 19.1. The highest BCUT2D eigenvalue weighted by Crippen LogP contribution is 2.27. The summed E-state index contributed by atoms with van der Waals surface area (Å²) in [5.41, 5.74) is 0.789. The number of non-ortho nitro benzene ring substituents is 1. The molecule has 3 aromatic rings. The van der Waals surface area contributed by atoms with Crippen molar-refractivity contribution >= 4 is 43.2 Å². The molecule has 11 heteroatoms. The number of sulfonamides is 1. The minimum Gasteiger partial charge on any atom is -0.305 e. The molecule has 0 saturated heterocycles. The number of hydrogen-bond donors (Lipinski definition) is 0. The number of carbonyl (C=O) groups excluding carboxylic acids is 1. The molecule has 1 amide bonds. The van der Waals surface area contributed by atoms with Gasteiger partial charge >= 0.3 is 0 Å². The van der Waals surface area contributed by atoms with Crippen molar-refractivity contribution in [1.29, 1.82) is 0 Å². The summed E-state index contributed by atoms with van der Waals surface area (Å²) < 4.78 is 29.7. The van der Waals surface area contributed by atoms with Crippen molar-refractivity contribution in [3.8, 4) is 12.3 Å². The summed E-state index contributed by atoms with van der Waals surface area (Å²) in [7, 11) is -2.06. The fourth-order valence-electron chi connectivity index (χ4n) is 4.23. The second-order valence-electron chi connectivity index (χ2n) is 8.34. The van der Waals surface area contributed by atoms with Gasteiger partial charge < -0.3 is 4.57 Å². The number of rotatable bonds is 6. The zero-order chi connectivity index (χ0) is 25.2. The number of benzene rings is 2. The first-order valence-corrected chi connectivity index (χ1v) is 13.4. The summed E-state index contributed by atoms with van der Waals surface area (Å²) in [5.74, 6) is 1.94. The normalized spacial score (nSPS) is 15.4. The zero-order valence-corrected chi connectivity index (χ0v) is 20.7. The standard InChI is InChI=1S/C24H24N4O5S2/c1-3-15-27-21-14-11-19(28(30)31)16-22(21)34-24(27)25-23(29)17-9-12-20(13-10-17)35(32,33)26(2)18-7-5-4-6-8-18/h1,9-14,16,18H,4-8,15H2,2H3. The second-order valence-corrected chi connectivity index (χ2v) is 11.3. The molecule has 0 unspecified atom stereocenters. The van der Waals surface area contributed by atoms with E-state index in [2.05, 4.69) is 10.9 Å². The molecular weight excluding hydrogens is 488 g/mol. The lowest BCUT2D eigenvalue weighted by Crippen LogP contribution is -2.38. The molecule has 9 nitrogen and oxygen atoms in total. The van der Waals surface area contributed by atoms with Gasteiger partial charge in [0.05, 0.1) is 26.6 Å². The molecule has 1 fully saturated rings. The molecule has 182 valence electrons. The van der Waals surface area contributed by atoms with Crippen LogP contribution in [0.3, 0.4) is 0 Å². The third-order valence-corrected chi connectivity index (χ3v) is 9.16. The van der Waals surface area contributed by atoms with Gasteiger partial charge in [-0.05, 0) is 43.2 Å². The lowest BCUT2D eigenvalue weighted by Gasteiger charge is -2.30. The third-order valence-electron chi connectivity index (χ3n) is 6.19. The number of nitro groups is 1. The van der Waals surface area contributed by atoms with Gasteiger partial charge in [0.2, 0.25) is 10.0 Å². The van der Waals surface area contributed by atoms with Crippen LogP contribution in [-0.4, -0.2) is 41.2 Å². The van der Waals surface area contributed by atoms with E-state index in [1.54, 1.807) is 17.7 Å². The molecule has 4 rings (SSSR count). The fraction of sp³-hybridized carbons (Fsp3) is 0.333. The number of hydrogen-bond acceptors (Lipinski definition) is 6. The molecule has 0 N–H and O–H groups in total. The Kier molecular flexibility index (Phi) is 7.16. The first kappa shape index (κ1) is 24.8. The topological polar surface area (TPSA) is 115 Å². The Bertz CT molecular complexity index is 1490. The van der Waals surface area contributed by atoms with Crippen LogP contribution in [0.4, 0.5) is 5.69 Å². The van der Waals surface area contributed by atoms with Crippen molar-refractivity contribution in [1.82, 2.24) is 8.87 Å². The maximum atomic E-state index is 13.0. The van der Waals surface area contributed by atoms with Crippen molar-refractivity contribution in [3.63, 3.8) is 0 Å². The third kappa shape index (κ3) is 5.05. The number of fused-ring (bicyclic) bond motifs is 1. The summed E-state index contributed by atoms with van der Waals surface area (Å²) in [6.07, 6.45) is 10.3. The summed E-state index contributed by atoms with van der Waals surface area (Å²) in [5, 5.41) is 11.1. The molecule has 1 saturated carbocycles. The van der Waals surface area contributed by atoms with Crippen LogP contribution in [0, 0.1) is 22.5 Å². The molecule has 1 aromatic heterocycles. The van der Waals surface area contributed by atoms with E-state index in [9.17, 15) is 23.3 Å². The van der Waals surface area contributed by atoms with E-state index in [1.165, 1.54) is 40.7 Å². The van der Waals surface area contributed by atoms with Gasteiger partial charge in [-0.1, -0.05) is 36.5 Å². The maximum Gasteiger partial charge on any atom is 0.279 e. The van der Waals surface area contributed by atoms with Crippen LogP contribution >= 0.6 is 11.3 Å². The van der Waals surface area contributed by atoms with Crippen LogP contribution in [0.5, 0.6) is 0 Å². The molecule has 0 radical (unpaired) electrons. The number of terminal acetylenes is 1. The fourth-order valence-corrected chi connectivity index (χ4v) is 6.71. The van der Waals surface area contributed by atoms with Crippen molar-refractivity contribution in [2.24, 2.45) is 4.99 Å². The number of thiazole rings is 1. The van der Waals surface area contributed by atoms with Crippen LogP contribution in [0.2, 0.25) is 0 Å². The van der Waals surface area contributed by atoms with E-state index in [0.717, 1.165) is 43.4 Å². The van der Waals surface area contributed by atoms with Crippen molar-refractivity contribution in [3.05, 3.63) is 62.9 Å². The van der Waals surface area contributed by atoms with Gasteiger partial charge in [-0.15, -0.1) is 6.42 Å². The quantitative estimate of drug-likeness (QED) is 0.282. The predicted octanol–water partition coefficient (Wildman–Crippen LogP) is 3.94. The average Bonchev–Trinajstić information content (AvgIpc) is 3.20. The predicted molar refractivity (Wildman–Crippen MR) is 133 cm³/mol. The van der Waals surface area contributed by atoms with Gasteiger partial charge in [-0.2, -0.15) is 9.30 Å². The van der Waals surface area contributed by atoms with Gasteiger partial charge in [-0.25, -0.2) is 8.42 Å². The molecule has 0 aliphatic heterocycles. The lowest BCUT2D eigenvalue weighted by molar-refractivity contribution is -0.384. The Balaban J connectivity index is 1.64. The highest BCUT2D eigenvalue weighted by Gasteiger charge is 2.29. The van der Waals surface area contributed by atoms with E-state index < -0.39 is 20.9 Å². The van der Waals surface area contributed by atoms with Gasteiger partial charge in [0.25, 0.3) is 11.6 Å². The lowest BCUT2D eigenvalue weighted by atomic mass is 9.96. The SMILES string of the molecule is C#CCn1c(=NC(=O)c2ccc(S(=O)(=O)N(C)C3CCCCC3)cc2)sc2cc([N+](=O)[O-])ccc21. The van der Waals surface area contributed by atoms with Crippen molar-refractivity contribution < 1.29 is 18.1 Å². The molecule has 2 aromatic carbocycles. The summed E-state index contributed by atoms with van der Waals surface area (Å²) >= 11 is 1.12. The van der Waals surface area contributed by atoms with E-state index in [4.69, 9.17) is 6.42 Å². The first-order valence-electron chi connectivity index (χ1n) is 11.1. The Morgan fingerprint density at radius 3 is 2.54 bits per heavy atom. The van der Waals surface area contributed by atoms with Crippen LogP contribution in [0.25, 0.3) is 10.2 Å². The van der Waals surface area contributed by atoms with Crippen LogP contribution in [0.15, 0.2) is 52.4 Å². The number of carbonyl (C=O) groups is 1. The van der Waals surface area contributed by atoms with Gasteiger partial charge in [0.1, 0.15) is 0 Å². The number of nitrogens with zero attached hydrogens (tertiary/aromatic N) is 4. The maximum absolute atomic E-state index is 13.0. The minimum absolute atomic E-state index is 0.0135. The Hall–Kier alpha value is -3.33. The average molecular weight is 513 g/mol. The van der Waals surface area contributed by atoms with Crippen LogP contribution in [0.1, 0.15) is 42.5 Å². The number of aromatic nitrogens is 1. The van der Waals surface area contributed by atoms with Gasteiger partial charge in [0.15, 0.2) is 4.80 Å². The summed E-state index contributed by atoms with van der Waals surface area (Å²) in [6, 6.07) is 10.1. The molecule has 35 heavy (non-hydrogen) atoms. The van der Waals surface area contributed by atoms with Crippen LogP contribution < -0.4 is 4.80 Å². The van der Waals surface area contributed by atoms with E-state index in [0.29, 0.717) is 15.0 Å². The first-order chi connectivity index (χ1) is 16.7. The molecule has 0 bridgehead atoms. The van der Waals surface area contributed by atoms with Gasteiger partial charge in [-0.3, -0.25) is 14.9 Å².